The van der Waals surface area contributed by atoms with E-state index in [9.17, 15) is 14.4 Å². The molecule has 1 amide bonds. The number of aliphatic hydroxyl groups excluding tert-OH is 1. The maximum Gasteiger partial charge on any atom is 0.410 e. The molecule has 16 heteroatoms. The van der Waals surface area contributed by atoms with Crippen molar-refractivity contribution in [2.75, 3.05) is 61.3 Å². The first-order valence-electron chi connectivity index (χ1n) is 20.2. The minimum absolute atomic E-state index is 0.0260. The molecule has 0 unspecified atom stereocenters. The maximum atomic E-state index is 13.4. The van der Waals surface area contributed by atoms with E-state index >= 15 is 0 Å². The fourth-order valence-corrected chi connectivity index (χ4v) is 7.58. The Morgan fingerprint density at radius 2 is 1.30 bits per heavy atom. The molecule has 1 fully saturated rings. The van der Waals surface area contributed by atoms with Crippen molar-refractivity contribution in [3.8, 4) is 34.5 Å². The molecule has 0 bridgehead atoms. The van der Waals surface area contributed by atoms with Crippen LogP contribution in [0.2, 0.25) is 0 Å². The van der Waals surface area contributed by atoms with Crippen LogP contribution in [0.5, 0.6) is 34.5 Å². The lowest BCUT2D eigenvalue weighted by Gasteiger charge is -2.39. The van der Waals surface area contributed by atoms with Crippen LogP contribution in [0.1, 0.15) is 39.2 Å². The Labute approximate surface area is 354 Å². The summed E-state index contributed by atoms with van der Waals surface area (Å²) in [5.74, 6) is 3.67. The number of aliphatic hydroxyl groups is 2. The van der Waals surface area contributed by atoms with Crippen LogP contribution in [-0.4, -0.2) is 114 Å². The van der Waals surface area contributed by atoms with E-state index in [1.807, 2.05) is 62.1 Å². The third kappa shape index (κ3) is 10.9. The summed E-state index contributed by atoms with van der Waals surface area (Å²) < 4.78 is 41.5. The zero-order valence-electron chi connectivity index (χ0n) is 35.8. The van der Waals surface area contributed by atoms with Crippen LogP contribution in [0.25, 0.3) is 21.8 Å². The number of rotatable bonds is 12. The first-order chi connectivity index (χ1) is 29.2. The summed E-state index contributed by atoms with van der Waals surface area (Å²) in [5, 5.41) is 19.7. The van der Waals surface area contributed by atoms with Gasteiger partial charge >= 0.3 is 6.09 Å². The summed E-state index contributed by atoms with van der Waals surface area (Å²) in [4.78, 5) is 42.6. The number of likely N-dealkylation sites (tertiary alicyclic amines) is 1. The van der Waals surface area contributed by atoms with Gasteiger partial charge in [0.1, 0.15) is 41.8 Å². The van der Waals surface area contributed by atoms with Crippen molar-refractivity contribution in [3.63, 3.8) is 0 Å². The summed E-state index contributed by atoms with van der Waals surface area (Å²) in [6.45, 7) is 9.75. The number of nitrogens with zero attached hydrogens (tertiary/aromatic N) is 4. The van der Waals surface area contributed by atoms with Crippen molar-refractivity contribution < 1.29 is 48.2 Å². The van der Waals surface area contributed by atoms with Crippen molar-refractivity contribution in [2.24, 2.45) is 0 Å². The molecule has 2 N–H and O–H groups in total. The molecule has 0 spiro atoms. The normalized spacial score (nSPS) is 14.3. The largest absolute Gasteiger partial charge is 0.497 e. The van der Waals surface area contributed by atoms with Gasteiger partial charge in [0.15, 0.2) is 17.8 Å². The molecule has 4 heterocycles. The molecule has 61 heavy (non-hydrogen) atoms. The Morgan fingerprint density at radius 1 is 0.738 bits per heavy atom. The smallest absolute Gasteiger partial charge is 0.410 e. The molecule has 2 aliphatic heterocycles. The number of ether oxygens (including phenoxy) is 7. The second-order valence-corrected chi connectivity index (χ2v) is 15.8. The summed E-state index contributed by atoms with van der Waals surface area (Å²) in [6, 6.07) is 19.5. The van der Waals surface area contributed by atoms with Gasteiger partial charge in [-0.2, -0.15) is 0 Å². The SMILES string of the molecule is COc1ccc2c(OC)cc(=O)n(CC(O)O)c2c1.COc1ccc2c(OC)cc(=O)n(CCN3CCC(N(Cc4ccc5c(c4)OCCO5)C(=O)OC(C)(C)C)CC3)c2c1. The maximum absolute atomic E-state index is 13.4. The molecule has 7 rings (SSSR count). The van der Waals surface area contributed by atoms with Crippen molar-refractivity contribution in [2.45, 2.75) is 71.2 Å². The Morgan fingerprint density at radius 3 is 1.84 bits per heavy atom. The van der Waals surface area contributed by atoms with Crippen LogP contribution >= 0.6 is 0 Å². The van der Waals surface area contributed by atoms with E-state index in [0.29, 0.717) is 72.5 Å². The first-order valence-corrected chi connectivity index (χ1v) is 20.2. The number of fused-ring (bicyclic) bond motifs is 3. The molecular weight excluding hydrogens is 789 g/mol. The number of hydrogen-bond acceptors (Lipinski definition) is 13. The van der Waals surface area contributed by atoms with E-state index in [-0.39, 0.29) is 29.8 Å². The van der Waals surface area contributed by atoms with E-state index in [4.69, 9.17) is 43.4 Å². The van der Waals surface area contributed by atoms with Gasteiger partial charge in [-0.25, -0.2) is 4.79 Å². The topological polar surface area (TPSA) is 173 Å². The average molecular weight is 845 g/mol. The number of pyridine rings is 2. The monoisotopic (exact) mass is 844 g/mol. The second-order valence-electron chi connectivity index (χ2n) is 15.8. The number of carbonyl (C=O) groups excluding carboxylic acids is 1. The molecule has 2 aliphatic rings. The van der Waals surface area contributed by atoms with Crippen molar-refractivity contribution in [1.82, 2.24) is 18.9 Å². The third-order valence-electron chi connectivity index (χ3n) is 10.6. The second kappa shape index (κ2) is 19.6. The van der Waals surface area contributed by atoms with Crippen LogP contribution in [0, 0.1) is 0 Å². The van der Waals surface area contributed by atoms with E-state index in [1.165, 1.54) is 30.9 Å². The lowest BCUT2D eigenvalue weighted by molar-refractivity contribution is -0.0511. The van der Waals surface area contributed by atoms with Crippen molar-refractivity contribution in [3.05, 3.63) is 93.0 Å². The summed E-state index contributed by atoms with van der Waals surface area (Å²) in [5.41, 5.74) is 1.19. The average Bonchev–Trinajstić information content (AvgIpc) is 3.25. The lowest BCUT2D eigenvalue weighted by atomic mass is 10.0. The number of aromatic nitrogens is 2. The zero-order valence-corrected chi connectivity index (χ0v) is 35.8. The molecule has 2 aromatic heterocycles. The van der Waals surface area contributed by atoms with E-state index in [1.54, 1.807) is 37.0 Å². The fraction of sp³-hybridized carbons (Fsp3) is 0.444. The summed E-state index contributed by atoms with van der Waals surface area (Å²) >= 11 is 0. The highest BCUT2D eigenvalue weighted by molar-refractivity contribution is 5.87. The lowest BCUT2D eigenvalue weighted by Crippen LogP contribution is -2.49. The molecule has 0 radical (unpaired) electrons. The molecular formula is C45H56N4O12. The van der Waals surface area contributed by atoms with E-state index in [2.05, 4.69) is 4.90 Å². The fourth-order valence-electron chi connectivity index (χ4n) is 7.58. The molecule has 5 aromatic rings. The highest BCUT2D eigenvalue weighted by Crippen LogP contribution is 2.33. The Hall–Kier alpha value is -5.97. The number of amides is 1. The zero-order chi connectivity index (χ0) is 43.8. The highest BCUT2D eigenvalue weighted by Gasteiger charge is 2.32. The minimum atomic E-state index is -1.61. The summed E-state index contributed by atoms with van der Waals surface area (Å²) in [6.07, 6.45) is -0.326. The van der Waals surface area contributed by atoms with Gasteiger partial charge in [0.05, 0.1) is 46.0 Å². The summed E-state index contributed by atoms with van der Waals surface area (Å²) in [7, 11) is 6.18. The standard InChI is InChI=1S/C32H41N3O7.C13H15NO5/c1-32(2,3)42-31(37)35(21-22-6-9-27-29(18-22)41-17-16-40-27)23-10-12-33(13-11-23)14-15-34-26-19-24(38-4)7-8-25(26)28(39-5)20-30(34)36;1-18-8-3-4-9-10(5-8)14(7-13(16)17)12(15)6-11(9)19-2/h6-9,18-20,23H,10-17,21H2,1-5H3;3-6,13,16-17H,7H2,1-2H3. The van der Waals surface area contributed by atoms with Gasteiger partial charge in [-0.1, -0.05) is 6.07 Å². The quantitative estimate of drug-likeness (QED) is 0.161. The number of piperidine rings is 1. The van der Waals surface area contributed by atoms with E-state index < -0.39 is 11.9 Å². The number of carbonyl (C=O) groups is 1. The van der Waals surface area contributed by atoms with E-state index in [0.717, 1.165) is 48.1 Å². The van der Waals surface area contributed by atoms with Crippen LogP contribution in [0.4, 0.5) is 4.79 Å². The molecule has 0 saturated carbocycles. The Kier molecular flexibility index (Phi) is 14.3. The van der Waals surface area contributed by atoms with Gasteiger partial charge in [-0.05, 0) is 75.6 Å². The van der Waals surface area contributed by atoms with Crippen molar-refractivity contribution in [1.29, 1.82) is 0 Å². The van der Waals surface area contributed by atoms with Crippen LogP contribution in [0.15, 0.2) is 76.3 Å². The predicted octanol–water partition coefficient (Wildman–Crippen LogP) is 5.02. The van der Waals surface area contributed by atoms with Gasteiger partial charge in [0, 0.05) is 73.8 Å². The number of methoxy groups -OCH3 is 4. The van der Waals surface area contributed by atoms with Gasteiger partial charge < -0.3 is 62.3 Å². The van der Waals surface area contributed by atoms with Crippen LogP contribution in [0.3, 0.4) is 0 Å². The third-order valence-corrected chi connectivity index (χ3v) is 10.6. The van der Waals surface area contributed by atoms with Crippen molar-refractivity contribution >= 4 is 27.9 Å². The van der Waals surface area contributed by atoms with Gasteiger partial charge in [0.2, 0.25) is 0 Å². The molecule has 328 valence electrons. The van der Waals surface area contributed by atoms with Crippen LogP contribution in [-0.2, 0) is 24.4 Å². The number of benzene rings is 3. The molecule has 16 nitrogen and oxygen atoms in total. The number of hydrogen-bond donors (Lipinski definition) is 2. The van der Waals surface area contributed by atoms with Gasteiger partial charge in [-0.3, -0.25) is 9.59 Å². The van der Waals surface area contributed by atoms with Gasteiger partial charge in [-0.15, -0.1) is 0 Å². The highest BCUT2D eigenvalue weighted by atomic mass is 16.6. The molecule has 1 saturated heterocycles. The minimum Gasteiger partial charge on any atom is -0.497 e. The Balaban J connectivity index is 0.000000273. The first kappa shape index (κ1) is 44.6. The molecule has 0 atom stereocenters. The Bertz CT molecular complexity index is 2430. The van der Waals surface area contributed by atoms with Crippen LogP contribution < -0.4 is 39.5 Å². The predicted molar refractivity (Wildman–Crippen MR) is 230 cm³/mol. The molecule has 0 aliphatic carbocycles. The van der Waals surface area contributed by atoms with Gasteiger partial charge in [0.25, 0.3) is 11.1 Å². The molecule has 3 aromatic carbocycles.